The minimum atomic E-state index is -1.21. The Labute approximate surface area is 191 Å². The Kier molecular flexibility index (Phi) is 5.23. The maximum Gasteiger partial charge on any atom is 0.413 e. The quantitative estimate of drug-likeness (QED) is 0.560. The van der Waals surface area contributed by atoms with Crippen molar-refractivity contribution in [2.45, 2.75) is 18.6 Å². The molecular formula is C23H18F2N4O5. The van der Waals surface area contributed by atoms with Crippen LogP contribution < -0.4 is 14.5 Å². The molecule has 1 aromatic heterocycles. The van der Waals surface area contributed by atoms with E-state index in [1.807, 2.05) is 4.90 Å². The Morgan fingerprint density at radius 1 is 1.12 bits per heavy atom. The Balaban J connectivity index is 1.49. The molecule has 2 N–H and O–H groups in total. The highest BCUT2D eigenvalue weighted by Crippen LogP contribution is 2.41. The van der Waals surface area contributed by atoms with Gasteiger partial charge in [0.25, 0.3) is 0 Å². The number of hydrogen-bond donors (Lipinski definition) is 2. The summed E-state index contributed by atoms with van der Waals surface area (Å²) in [7, 11) is 0. The predicted octanol–water partition coefficient (Wildman–Crippen LogP) is 3.46. The number of nitrogens with zero attached hydrogens (tertiary/aromatic N) is 4. The molecule has 34 heavy (non-hydrogen) atoms. The molecule has 2 aromatic carbocycles. The normalized spacial score (nSPS) is 18.9. The van der Waals surface area contributed by atoms with Gasteiger partial charge in [0.05, 0.1) is 30.5 Å². The van der Waals surface area contributed by atoms with Crippen LogP contribution in [0.1, 0.15) is 16.8 Å². The van der Waals surface area contributed by atoms with Crippen LogP contribution in [0.2, 0.25) is 0 Å². The number of aromatic hydroxyl groups is 1. The molecule has 2 aliphatic heterocycles. The number of anilines is 2. The molecule has 174 valence electrons. The summed E-state index contributed by atoms with van der Waals surface area (Å²) in [5, 5.41) is 27.7. The van der Waals surface area contributed by atoms with Crippen LogP contribution in [0, 0.1) is 11.6 Å². The molecule has 3 heterocycles. The summed E-state index contributed by atoms with van der Waals surface area (Å²) in [6.45, 7) is 0.537. The van der Waals surface area contributed by atoms with Crippen molar-refractivity contribution in [1.29, 1.82) is 0 Å². The summed E-state index contributed by atoms with van der Waals surface area (Å²) < 4.78 is 33.7. The third-order valence-electron chi connectivity index (χ3n) is 5.94. The lowest BCUT2D eigenvalue weighted by molar-refractivity contribution is 0.112. The van der Waals surface area contributed by atoms with Gasteiger partial charge in [0.2, 0.25) is 0 Å². The van der Waals surface area contributed by atoms with Crippen molar-refractivity contribution in [3.63, 3.8) is 0 Å². The van der Waals surface area contributed by atoms with Gasteiger partial charge in [-0.2, -0.15) is 0 Å². The lowest BCUT2D eigenvalue weighted by Gasteiger charge is -2.37. The molecule has 2 atom stereocenters. The molecule has 0 radical (unpaired) electrons. The first-order valence-electron chi connectivity index (χ1n) is 10.4. The van der Waals surface area contributed by atoms with E-state index in [2.05, 4.69) is 10.2 Å². The zero-order valence-electron chi connectivity index (χ0n) is 17.6. The number of hydrogen-bond acceptors (Lipinski definition) is 7. The van der Waals surface area contributed by atoms with E-state index in [1.54, 1.807) is 24.3 Å². The molecule has 1 fully saturated rings. The Morgan fingerprint density at radius 3 is 2.59 bits per heavy atom. The zero-order chi connectivity index (χ0) is 24.0. The van der Waals surface area contributed by atoms with Crippen LogP contribution in [0.25, 0.3) is 11.3 Å². The minimum absolute atomic E-state index is 0.00513. The van der Waals surface area contributed by atoms with Crippen LogP contribution >= 0.6 is 0 Å². The topological polar surface area (TPSA) is 116 Å². The summed E-state index contributed by atoms with van der Waals surface area (Å²) in [4.78, 5) is 25.7. The lowest BCUT2D eigenvalue weighted by Crippen LogP contribution is -2.48. The van der Waals surface area contributed by atoms with Crippen molar-refractivity contribution in [3.8, 4) is 22.8 Å². The highest BCUT2D eigenvalue weighted by Gasteiger charge is 2.42. The number of fused-ring (bicyclic) bond motifs is 3. The Morgan fingerprint density at radius 2 is 1.88 bits per heavy atom. The van der Waals surface area contributed by atoms with E-state index in [4.69, 9.17) is 4.74 Å². The number of benzene rings is 2. The van der Waals surface area contributed by atoms with Crippen molar-refractivity contribution < 1.29 is 33.3 Å². The van der Waals surface area contributed by atoms with E-state index in [0.717, 1.165) is 17.3 Å². The Bertz CT molecular complexity index is 1290. The van der Waals surface area contributed by atoms with Gasteiger partial charge in [-0.05, 0) is 36.4 Å². The first-order chi connectivity index (χ1) is 16.3. The van der Waals surface area contributed by atoms with Crippen molar-refractivity contribution in [2.24, 2.45) is 0 Å². The van der Waals surface area contributed by atoms with Gasteiger partial charge in [-0.25, -0.2) is 13.6 Å². The fraction of sp³-hybridized carbons (Fsp3) is 0.217. The second-order valence-electron chi connectivity index (χ2n) is 8.08. The number of amides is 1. The number of phenols is 1. The molecule has 11 heteroatoms. The number of rotatable bonds is 4. The van der Waals surface area contributed by atoms with E-state index < -0.39 is 23.5 Å². The molecule has 0 bridgehead atoms. The fourth-order valence-electron chi connectivity index (χ4n) is 4.38. The number of aldehydes is 1. The van der Waals surface area contributed by atoms with E-state index >= 15 is 0 Å². The average Bonchev–Trinajstić information content (AvgIpc) is 3.23. The van der Waals surface area contributed by atoms with Crippen LogP contribution in [0.3, 0.4) is 0 Å². The van der Waals surface area contributed by atoms with Crippen LogP contribution in [0.4, 0.5) is 25.1 Å². The fourth-order valence-corrected chi connectivity index (χ4v) is 4.38. The number of halogens is 2. The number of aromatic nitrogens is 2. The SMILES string of the molecule is O=Cc1ccc(O[C@@H]2C[C@@H]3CN(C(=O)O)c4nnc(-c5cc(F)cc(F)c5O)cc4N3C2)cc1. The second-order valence-corrected chi connectivity index (χ2v) is 8.08. The molecule has 0 spiro atoms. The van der Waals surface area contributed by atoms with Crippen LogP contribution in [0.15, 0.2) is 42.5 Å². The first-order valence-corrected chi connectivity index (χ1v) is 10.4. The minimum Gasteiger partial charge on any atom is -0.504 e. The maximum absolute atomic E-state index is 13.9. The van der Waals surface area contributed by atoms with Crippen molar-refractivity contribution in [2.75, 3.05) is 22.9 Å². The average molecular weight is 468 g/mol. The summed E-state index contributed by atoms with van der Waals surface area (Å²) in [6, 6.07) is 9.35. The highest BCUT2D eigenvalue weighted by molar-refractivity contribution is 5.92. The van der Waals surface area contributed by atoms with Gasteiger partial charge in [0.15, 0.2) is 17.4 Å². The largest absolute Gasteiger partial charge is 0.504 e. The molecule has 0 aliphatic carbocycles. The molecule has 1 saturated heterocycles. The van der Waals surface area contributed by atoms with E-state index in [1.165, 1.54) is 6.07 Å². The third kappa shape index (κ3) is 3.74. The molecule has 0 unspecified atom stereocenters. The number of carbonyl (C=O) groups excluding carboxylic acids is 1. The molecule has 1 amide bonds. The first kappa shape index (κ1) is 21.6. The summed E-state index contributed by atoms with van der Waals surface area (Å²) in [5.74, 6) is -2.17. The zero-order valence-corrected chi connectivity index (χ0v) is 17.6. The van der Waals surface area contributed by atoms with Gasteiger partial charge in [0, 0.05) is 23.6 Å². The molecule has 3 aromatic rings. The molecule has 0 saturated carbocycles. The second kappa shape index (κ2) is 8.25. The summed E-state index contributed by atoms with van der Waals surface area (Å²) in [6.07, 6.45) is -0.254. The van der Waals surface area contributed by atoms with Crippen molar-refractivity contribution >= 4 is 23.9 Å². The van der Waals surface area contributed by atoms with Gasteiger partial charge >= 0.3 is 6.09 Å². The van der Waals surface area contributed by atoms with Gasteiger partial charge < -0.3 is 19.8 Å². The van der Waals surface area contributed by atoms with Crippen molar-refractivity contribution in [3.05, 3.63) is 59.7 Å². The van der Waals surface area contributed by atoms with Crippen LogP contribution in [0.5, 0.6) is 11.5 Å². The standard InChI is InChI=1S/C23H18F2N4O5/c24-13-5-17(21(31)18(25)6-13)19-8-20-22(27-26-19)29(23(32)33)9-14-7-16(10-28(14)20)34-15-3-1-12(11-30)2-4-15/h1-6,8,11,14,16,31H,7,9-10H2,(H,32,33)/t14-,16-/m1/s1. The van der Waals surface area contributed by atoms with Gasteiger partial charge in [-0.15, -0.1) is 10.2 Å². The third-order valence-corrected chi connectivity index (χ3v) is 5.94. The molecule has 5 rings (SSSR count). The lowest BCUT2D eigenvalue weighted by atomic mass is 10.1. The van der Waals surface area contributed by atoms with E-state index in [9.17, 15) is 28.6 Å². The summed E-state index contributed by atoms with van der Waals surface area (Å²) in [5.41, 5.74) is 0.717. The van der Waals surface area contributed by atoms with Gasteiger partial charge in [-0.3, -0.25) is 9.69 Å². The molecule has 9 nitrogen and oxygen atoms in total. The van der Waals surface area contributed by atoms with Gasteiger partial charge in [-0.1, -0.05) is 0 Å². The predicted molar refractivity (Wildman–Crippen MR) is 116 cm³/mol. The number of carboxylic acid groups (broad SMARTS) is 1. The molecular weight excluding hydrogens is 450 g/mol. The smallest absolute Gasteiger partial charge is 0.413 e. The highest BCUT2D eigenvalue weighted by atomic mass is 19.1. The van der Waals surface area contributed by atoms with E-state index in [-0.39, 0.29) is 35.8 Å². The molecule has 2 aliphatic rings. The Hall–Kier alpha value is -4.28. The summed E-state index contributed by atoms with van der Waals surface area (Å²) >= 11 is 0. The van der Waals surface area contributed by atoms with Crippen molar-refractivity contribution in [1.82, 2.24) is 10.2 Å². The maximum atomic E-state index is 13.9. The number of phenolic OH excluding ortho intramolecular Hbond substituents is 1. The van der Waals surface area contributed by atoms with Crippen LogP contribution in [-0.2, 0) is 0 Å². The van der Waals surface area contributed by atoms with Crippen LogP contribution in [-0.4, -0.2) is 58.0 Å². The number of ether oxygens (including phenoxy) is 1. The van der Waals surface area contributed by atoms with E-state index in [0.29, 0.717) is 36.0 Å². The van der Waals surface area contributed by atoms with Gasteiger partial charge in [0.1, 0.15) is 24.0 Å². The number of carbonyl (C=O) groups is 2. The monoisotopic (exact) mass is 468 g/mol.